The summed E-state index contributed by atoms with van der Waals surface area (Å²) < 4.78 is 0. The van der Waals surface area contributed by atoms with Crippen LogP contribution in [0.25, 0.3) is 0 Å². The lowest BCUT2D eigenvalue weighted by Crippen LogP contribution is -2.01. The van der Waals surface area contributed by atoms with Crippen LogP contribution in [0.4, 0.5) is 5.69 Å². The van der Waals surface area contributed by atoms with E-state index in [1.165, 1.54) is 18.2 Å². The molecule has 0 heterocycles. The third-order valence-electron chi connectivity index (χ3n) is 2.72. The van der Waals surface area contributed by atoms with Crippen molar-refractivity contribution in [2.24, 2.45) is 0 Å². The first-order chi connectivity index (χ1) is 9.81. The number of phenols is 2. The zero-order valence-corrected chi connectivity index (χ0v) is 14.0. The predicted octanol–water partition coefficient (Wildman–Crippen LogP) is 5.98. The normalized spacial score (nSPS) is 10.7. The number of rotatable bonds is 3. The molecule has 112 valence electrons. The second kappa shape index (κ2) is 6.59. The maximum absolute atomic E-state index is 9.93. The van der Waals surface area contributed by atoms with Gasteiger partial charge >= 0.3 is 0 Å². The summed E-state index contributed by atoms with van der Waals surface area (Å²) >= 11 is 29.5. The summed E-state index contributed by atoms with van der Waals surface area (Å²) in [6.45, 7) is 0.0647. The summed E-state index contributed by atoms with van der Waals surface area (Å²) in [4.78, 5) is 0. The van der Waals surface area contributed by atoms with E-state index in [1.807, 2.05) is 0 Å². The summed E-state index contributed by atoms with van der Waals surface area (Å²) in [5.74, 6) is -0.351. The third kappa shape index (κ3) is 3.55. The van der Waals surface area contributed by atoms with Gasteiger partial charge in [0.05, 0.1) is 25.8 Å². The molecule has 0 aliphatic carbocycles. The second-order valence-corrected chi connectivity index (χ2v) is 6.15. The van der Waals surface area contributed by atoms with Crippen molar-refractivity contribution in [1.29, 1.82) is 0 Å². The molecule has 0 aliphatic rings. The fourth-order valence-electron chi connectivity index (χ4n) is 1.68. The largest absolute Gasteiger partial charge is 0.506 e. The lowest BCUT2D eigenvalue weighted by Gasteiger charge is -2.14. The third-order valence-corrected chi connectivity index (χ3v) is 4.34. The Kier molecular flexibility index (Phi) is 5.23. The lowest BCUT2D eigenvalue weighted by molar-refractivity contribution is 0.468. The molecule has 0 amide bonds. The number of nitrogens with one attached hydrogen (secondary N) is 1. The standard InChI is InChI=1S/C13H8Cl5NO2/c14-5-1-8(16)13(21)10(2-5)19-4-6-11(18)7(15)3-9(17)12(6)20/h1-3,19-21H,4H2. The van der Waals surface area contributed by atoms with Crippen molar-refractivity contribution in [3.05, 3.63) is 48.9 Å². The fraction of sp³-hybridized carbons (Fsp3) is 0.0769. The highest BCUT2D eigenvalue weighted by Gasteiger charge is 2.15. The van der Waals surface area contributed by atoms with Gasteiger partial charge in [-0.1, -0.05) is 58.0 Å². The van der Waals surface area contributed by atoms with Crippen LogP contribution in [0.2, 0.25) is 25.1 Å². The first-order valence-electron chi connectivity index (χ1n) is 5.58. The Hall–Kier alpha value is -0.710. The molecular formula is C13H8Cl5NO2. The van der Waals surface area contributed by atoms with Crippen LogP contribution < -0.4 is 5.32 Å². The minimum atomic E-state index is -0.189. The zero-order chi connectivity index (χ0) is 15.7. The Morgan fingerprint density at radius 1 is 0.810 bits per heavy atom. The number of hydrogen-bond donors (Lipinski definition) is 3. The highest BCUT2D eigenvalue weighted by molar-refractivity contribution is 6.44. The average Bonchev–Trinajstić information content (AvgIpc) is 2.41. The Morgan fingerprint density at radius 3 is 2.10 bits per heavy atom. The van der Waals surface area contributed by atoms with Crippen LogP contribution in [0, 0.1) is 0 Å². The quantitative estimate of drug-likeness (QED) is 0.449. The van der Waals surface area contributed by atoms with Crippen LogP contribution in [0.3, 0.4) is 0 Å². The van der Waals surface area contributed by atoms with Crippen LogP contribution >= 0.6 is 58.0 Å². The van der Waals surface area contributed by atoms with Crippen molar-refractivity contribution in [2.75, 3.05) is 5.32 Å². The molecule has 0 atom stereocenters. The van der Waals surface area contributed by atoms with Gasteiger partial charge in [-0.05, 0) is 18.2 Å². The van der Waals surface area contributed by atoms with Gasteiger partial charge in [0, 0.05) is 17.1 Å². The Balaban J connectivity index is 2.33. The Morgan fingerprint density at radius 2 is 1.43 bits per heavy atom. The van der Waals surface area contributed by atoms with Gasteiger partial charge in [-0.15, -0.1) is 0 Å². The van der Waals surface area contributed by atoms with Gasteiger partial charge in [-0.3, -0.25) is 0 Å². The van der Waals surface area contributed by atoms with E-state index >= 15 is 0 Å². The summed E-state index contributed by atoms with van der Waals surface area (Å²) in [5, 5.41) is 23.5. The van der Waals surface area contributed by atoms with Crippen molar-refractivity contribution in [3.63, 3.8) is 0 Å². The van der Waals surface area contributed by atoms with E-state index in [1.54, 1.807) is 0 Å². The number of anilines is 1. The SMILES string of the molecule is Oc1c(Cl)cc(Cl)cc1NCc1c(O)c(Cl)cc(Cl)c1Cl. The number of halogens is 5. The minimum absolute atomic E-state index is 0.0647. The average molecular weight is 387 g/mol. The predicted molar refractivity (Wildman–Crippen MR) is 88.6 cm³/mol. The van der Waals surface area contributed by atoms with E-state index in [0.717, 1.165) is 0 Å². The van der Waals surface area contributed by atoms with Gasteiger partial charge in [0.25, 0.3) is 0 Å². The van der Waals surface area contributed by atoms with Crippen molar-refractivity contribution in [1.82, 2.24) is 0 Å². The molecule has 8 heteroatoms. The lowest BCUT2D eigenvalue weighted by atomic mass is 10.2. The molecule has 0 bridgehead atoms. The van der Waals surface area contributed by atoms with Crippen LogP contribution in [0.5, 0.6) is 11.5 Å². The summed E-state index contributed by atoms with van der Waals surface area (Å²) in [6.07, 6.45) is 0. The number of phenolic OH excluding ortho intramolecular Hbond substituents is 2. The van der Waals surface area contributed by atoms with E-state index in [9.17, 15) is 10.2 Å². The smallest absolute Gasteiger partial charge is 0.157 e. The summed E-state index contributed by atoms with van der Waals surface area (Å²) in [5.41, 5.74) is 0.587. The van der Waals surface area contributed by atoms with Crippen molar-refractivity contribution < 1.29 is 10.2 Å². The molecule has 3 nitrogen and oxygen atoms in total. The minimum Gasteiger partial charge on any atom is -0.506 e. The molecule has 0 aliphatic heterocycles. The highest BCUT2D eigenvalue weighted by Crippen LogP contribution is 2.40. The monoisotopic (exact) mass is 385 g/mol. The summed E-state index contributed by atoms with van der Waals surface area (Å²) in [7, 11) is 0. The molecular weight excluding hydrogens is 379 g/mol. The van der Waals surface area contributed by atoms with Gasteiger partial charge < -0.3 is 15.5 Å². The van der Waals surface area contributed by atoms with Crippen LogP contribution in [0.15, 0.2) is 18.2 Å². The van der Waals surface area contributed by atoms with Crippen molar-refractivity contribution in [2.45, 2.75) is 6.54 Å². The van der Waals surface area contributed by atoms with Gasteiger partial charge in [-0.2, -0.15) is 0 Å². The molecule has 21 heavy (non-hydrogen) atoms. The Bertz CT molecular complexity index is 679. The van der Waals surface area contributed by atoms with E-state index in [0.29, 0.717) is 16.3 Å². The van der Waals surface area contributed by atoms with Gasteiger partial charge in [0.1, 0.15) is 5.75 Å². The number of benzene rings is 2. The number of hydrogen-bond acceptors (Lipinski definition) is 3. The van der Waals surface area contributed by atoms with Gasteiger partial charge in [0.2, 0.25) is 0 Å². The van der Waals surface area contributed by atoms with E-state index in [-0.39, 0.29) is 38.1 Å². The first kappa shape index (κ1) is 16.7. The molecule has 0 saturated carbocycles. The number of aromatic hydroxyl groups is 2. The van der Waals surface area contributed by atoms with Gasteiger partial charge in [0.15, 0.2) is 5.75 Å². The first-order valence-corrected chi connectivity index (χ1v) is 7.47. The molecule has 0 radical (unpaired) electrons. The van der Waals surface area contributed by atoms with E-state index in [2.05, 4.69) is 5.32 Å². The molecule has 2 aromatic rings. The molecule has 0 saturated heterocycles. The van der Waals surface area contributed by atoms with Crippen LogP contribution in [-0.4, -0.2) is 10.2 Å². The molecule has 2 rings (SSSR count). The second-order valence-electron chi connectivity index (χ2n) is 4.12. The molecule has 0 spiro atoms. The Labute approximate surface area is 146 Å². The molecule has 3 N–H and O–H groups in total. The van der Waals surface area contributed by atoms with Gasteiger partial charge in [-0.25, -0.2) is 0 Å². The zero-order valence-electron chi connectivity index (χ0n) is 10.2. The summed E-state index contributed by atoms with van der Waals surface area (Å²) in [6, 6.07) is 4.24. The maximum atomic E-state index is 9.93. The highest BCUT2D eigenvalue weighted by atomic mass is 35.5. The van der Waals surface area contributed by atoms with E-state index in [4.69, 9.17) is 58.0 Å². The molecule has 0 aromatic heterocycles. The van der Waals surface area contributed by atoms with Crippen molar-refractivity contribution >= 4 is 63.7 Å². The fourth-order valence-corrected chi connectivity index (χ4v) is 2.89. The topological polar surface area (TPSA) is 52.5 Å². The van der Waals surface area contributed by atoms with Crippen molar-refractivity contribution in [3.8, 4) is 11.5 Å². The van der Waals surface area contributed by atoms with E-state index < -0.39 is 0 Å². The maximum Gasteiger partial charge on any atom is 0.157 e. The van der Waals surface area contributed by atoms with Crippen LogP contribution in [0.1, 0.15) is 5.56 Å². The molecule has 0 fully saturated rings. The molecule has 0 unspecified atom stereocenters. The van der Waals surface area contributed by atoms with Crippen LogP contribution in [-0.2, 0) is 6.54 Å². The molecule has 2 aromatic carbocycles.